The molecule has 1 saturated carbocycles. The van der Waals surface area contributed by atoms with Gasteiger partial charge in [0.05, 0.1) is 11.3 Å². The number of nitrogens with one attached hydrogen (secondary N) is 1. The van der Waals surface area contributed by atoms with Crippen molar-refractivity contribution >= 4 is 17.6 Å². The predicted molar refractivity (Wildman–Crippen MR) is 141 cm³/mol. The average molecular weight is 498 g/mol. The zero-order chi connectivity index (χ0) is 25.9. The third-order valence-electron chi connectivity index (χ3n) is 6.59. The molecule has 0 unspecified atom stereocenters. The van der Waals surface area contributed by atoms with Gasteiger partial charge in [0.1, 0.15) is 11.5 Å². The molecule has 1 N–H and O–H groups in total. The van der Waals surface area contributed by atoms with E-state index in [1.165, 1.54) is 23.7 Å². The van der Waals surface area contributed by atoms with Crippen molar-refractivity contribution in [2.75, 3.05) is 5.32 Å². The van der Waals surface area contributed by atoms with Gasteiger partial charge in [-0.3, -0.25) is 9.59 Å². The van der Waals surface area contributed by atoms with Crippen LogP contribution in [0.25, 0.3) is 28.1 Å². The number of benzene rings is 3. The van der Waals surface area contributed by atoms with Gasteiger partial charge in [0, 0.05) is 24.1 Å². The second-order valence-corrected chi connectivity index (χ2v) is 9.43. The SMILES string of the molecule is CC(=O)Oc1c(-c2ccc(NC(=O)C3CCCC3)cc2)c(-c2cccc(C)c2)nn1-c1cccc(F)c1. The first-order valence-corrected chi connectivity index (χ1v) is 12.4. The monoisotopic (exact) mass is 497 g/mol. The molecule has 1 aromatic heterocycles. The Morgan fingerprint density at radius 3 is 2.38 bits per heavy atom. The maximum atomic E-state index is 14.1. The summed E-state index contributed by atoms with van der Waals surface area (Å²) < 4.78 is 21.3. The summed E-state index contributed by atoms with van der Waals surface area (Å²) >= 11 is 0. The molecule has 4 aromatic rings. The molecule has 7 heteroatoms. The highest BCUT2D eigenvalue weighted by Crippen LogP contribution is 2.41. The third kappa shape index (κ3) is 5.31. The molecule has 1 aliphatic carbocycles. The molecule has 37 heavy (non-hydrogen) atoms. The Morgan fingerprint density at radius 1 is 0.973 bits per heavy atom. The summed E-state index contributed by atoms with van der Waals surface area (Å²) in [4.78, 5) is 24.8. The topological polar surface area (TPSA) is 73.2 Å². The van der Waals surface area contributed by atoms with Crippen LogP contribution in [0.3, 0.4) is 0 Å². The van der Waals surface area contributed by atoms with E-state index in [9.17, 15) is 14.0 Å². The summed E-state index contributed by atoms with van der Waals surface area (Å²) in [6.45, 7) is 3.31. The standard InChI is InChI=1S/C30H28FN3O3/c1-19-7-5-10-23(17-19)28-27(21-13-15-25(16-14-21)32-29(36)22-8-3-4-9-22)30(37-20(2)35)34(33-28)26-12-6-11-24(31)18-26/h5-7,10-18,22H,3-4,8-9H2,1-2H3,(H,32,36). The van der Waals surface area contributed by atoms with Crippen LogP contribution in [0.1, 0.15) is 38.2 Å². The molecular formula is C30H28FN3O3. The summed E-state index contributed by atoms with van der Waals surface area (Å²) in [5.41, 5.74) is 4.93. The minimum Gasteiger partial charge on any atom is -0.407 e. The Bertz CT molecular complexity index is 1450. The molecular weight excluding hydrogens is 469 g/mol. The van der Waals surface area contributed by atoms with E-state index in [1.54, 1.807) is 12.1 Å². The molecule has 3 aromatic carbocycles. The Kier molecular flexibility index (Phi) is 6.86. The lowest BCUT2D eigenvalue weighted by Gasteiger charge is -2.12. The zero-order valence-electron chi connectivity index (χ0n) is 20.8. The Balaban J connectivity index is 1.62. The molecule has 1 heterocycles. The molecule has 6 nitrogen and oxygen atoms in total. The van der Waals surface area contributed by atoms with Crippen LogP contribution < -0.4 is 10.1 Å². The van der Waals surface area contributed by atoms with Crippen LogP contribution in [0.5, 0.6) is 5.88 Å². The Hall–Kier alpha value is -4.26. The molecule has 5 rings (SSSR count). The van der Waals surface area contributed by atoms with Crippen LogP contribution in [-0.4, -0.2) is 21.7 Å². The van der Waals surface area contributed by atoms with Gasteiger partial charge in [-0.2, -0.15) is 9.78 Å². The number of anilines is 1. The lowest BCUT2D eigenvalue weighted by Crippen LogP contribution is -2.20. The van der Waals surface area contributed by atoms with Gasteiger partial charge in [-0.05, 0) is 61.7 Å². The molecule has 0 saturated heterocycles. The number of halogens is 1. The van der Waals surface area contributed by atoms with E-state index in [2.05, 4.69) is 5.32 Å². The number of aryl methyl sites for hydroxylation is 1. The van der Waals surface area contributed by atoms with Crippen molar-refractivity contribution in [1.82, 2.24) is 9.78 Å². The first kappa shape index (κ1) is 24.4. The van der Waals surface area contributed by atoms with Crippen LogP contribution in [0.2, 0.25) is 0 Å². The summed E-state index contributed by atoms with van der Waals surface area (Å²) in [5, 5.41) is 7.80. The molecule has 188 valence electrons. The highest BCUT2D eigenvalue weighted by atomic mass is 19.1. The molecule has 0 bridgehead atoms. The number of hydrogen-bond donors (Lipinski definition) is 1. The smallest absolute Gasteiger partial charge is 0.309 e. The van der Waals surface area contributed by atoms with E-state index in [-0.39, 0.29) is 17.7 Å². The van der Waals surface area contributed by atoms with Crippen molar-refractivity contribution in [2.24, 2.45) is 5.92 Å². The molecule has 0 spiro atoms. The van der Waals surface area contributed by atoms with E-state index in [0.717, 1.165) is 42.4 Å². The number of carbonyl (C=O) groups is 2. The maximum Gasteiger partial charge on any atom is 0.309 e. The van der Waals surface area contributed by atoms with Gasteiger partial charge in [0.2, 0.25) is 11.8 Å². The van der Waals surface area contributed by atoms with Crippen molar-refractivity contribution in [1.29, 1.82) is 0 Å². The Labute approximate surface area is 215 Å². The van der Waals surface area contributed by atoms with Crippen molar-refractivity contribution in [2.45, 2.75) is 39.5 Å². The van der Waals surface area contributed by atoms with Crippen LogP contribution in [-0.2, 0) is 9.59 Å². The molecule has 1 aliphatic rings. The lowest BCUT2D eigenvalue weighted by atomic mass is 9.99. The van der Waals surface area contributed by atoms with Crippen LogP contribution >= 0.6 is 0 Å². The maximum absolute atomic E-state index is 14.1. The lowest BCUT2D eigenvalue weighted by molar-refractivity contribution is -0.132. The average Bonchev–Trinajstić information content (AvgIpc) is 3.53. The number of ether oxygens (including phenoxy) is 1. The fourth-order valence-electron chi connectivity index (χ4n) is 4.82. The molecule has 1 amide bonds. The predicted octanol–water partition coefficient (Wildman–Crippen LogP) is 6.71. The molecule has 0 atom stereocenters. The second kappa shape index (κ2) is 10.4. The number of carbonyl (C=O) groups excluding carboxylic acids is 2. The van der Waals surface area contributed by atoms with Crippen molar-refractivity contribution in [3.05, 3.63) is 84.2 Å². The van der Waals surface area contributed by atoms with E-state index >= 15 is 0 Å². The number of esters is 1. The molecule has 0 radical (unpaired) electrons. The number of aromatic nitrogens is 2. The first-order chi connectivity index (χ1) is 17.9. The summed E-state index contributed by atoms with van der Waals surface area (Å²) in [7, 11) is 0. The minimum absolute atomic E-state index is 0.0465. The van der Waals surface area contributed by atoms with Gasteiger partial charge in [0.25, 0.3) is 0 Å². The first-order valence-electron chi connectivity index (χ1n) is 12.4. The van der Waals surface area contributed by atoms with Gasteiger partial charge in [-0.1, -0.05) is 54.8 Å². The summed E-state index contributed by atoms with van der Waals surface area (Å²) in [6.07, 6.45) is 4.03. The zero-order valence-corrected chi connectivity index (χ0v) is 20.8. The van der Waals surface area contributed by atoms with Crippen LogP contribution in [0.15, 0.2) is 72.8 Å². The fourth-order valence-corrected chi connectivity index (χ4v) is 4.82. The molecule has 1 fully saturated rings. The van der Waals surface area contributed by atoms with Crippen molar-refractivity contribution in [3.63, 3.8) is 0 Å². The van der Waals surface area contributed by atoms with E-state index < -0.39 is 11.8 Å². The molecule has 0 aliphatic heterocycles. The normalized spacial score (nSPS) is 13.5. The number of amides is 1. The van der Waals surface area contributed by atoms with Crippen LogP contribution in [0.4, 0.5) is 10.1 Å². The largest absolute Gasteiger partial charge is 0.407 e. The number of rotatable bonds is 6. The second-order valence-electron chi connectivity index (χ2n) is 9.43. The minimum atomic E-state index is -0.518. The van der Waals surface area contributed by atoms with Crippen LogP contribution in [0, 0.1) is 18.7 Å². The van der Waals surface area contributed by atoms with Gasteiger partial charge in [-0.25, -0.2) is 4.39 Å². The van der Waals surface area contributed by atoms with Crippen molar-refractivity contribution < 1.29 is 18.7 Å². The quantitative estimate of drug-likeness (QED) is 0.301. The van der Waals surface area contributed by atoms with E-state index in [1.807, 2.05) is 55.5 Å². The highest BCUT2D eigenvalue weighted by molar-refractivity contribution is 5.93. The van der Waals surface area contributed by atoms with E-state index in [4.69, 9.17) is 9.84 Å². The summed E-state index contributed by atoms with van der Waals surface area (Å²) in [6, 6.07) is 21.2. The van der Waals surface area contributed by atoms with Gasteiger partial charge in [-0.15, -0.1) is 0 Å². The highest BCUT2D eigenvalue weighted by Gasteiger charge is 2.26. The third-order valence-corrected chi connectivity index (χ3v) is 6.59. The van der Waals surface area contributed by atoms with Gasteiger partial charge < -0.3 is 10.1 Å². The van der Waals surface area contributed by atoms with Crippen molar-refractivity contribution in [3.8, 4) is 34.0 Å². The number of hydrogen-bond acceptors (Lipinski definition) is 4. The Morgan fingerprint density at radius 2 is 1.70 bits per heavy atom. The van der Waals surface area contributed by atoms with E-state index in [0.29, 0.717) is 22.6 Å². The van der Waals surface area contributed by atoms with Gasteiger partial charge in [0.15, 0.2) is 0 Å². The fraction of sp³-hybridized carbons (Fsp3) is 0.233. The number of nitrogens with zero attached hydrogens (tertiary/aromatic N) is 2. The van der Waals surface area contributed by atoms with Gasteiger partial charge >= 0.3 is 5.97 Å². The summed E-state index contributed by atoms with van der Waals surface area (Å²) in [5.74, 6) is -0.645.